The lowest BCUT2D eigenvalue weighted by molar-refractivity contribution is -0.124. The van der Waals surface area contributed by atoms with E-state index in [4.69, 9.17) is 16.7 Å². The van der Waals surface area contributed by atoms with Gasteiger partial charge in [0.1, 0.15) is 6.61 Å². The molecule has 23 heavy (non-hydrogen) atoms. The van der Waals surface area contributed by atoms with Crippen molar-refractivity contribution in [3.05, 3.63) is 35.5 Å². The third kappa shape index (κ3) is 3.41. The minimum absolute atomic E-state index is 0.0285. The van der Waals surface area contributed by atoms with E-state index in [0.29, 0.717) is 17.5 Å². The number of rotatable bonds is 3. The quantitative estimate of drug-likeness (QED) is 0.904. The molecule has 0 saturated carbocycles. The van der Waals surface area contributed by atoms with Crippen molar-refractivity contribution in [2.24, 2.45) is 5.92 Å². The van der Waals surface area contributed by atoms with Gasteiger partial charge >= 0.3 is 0 Å². The van der Waals surface area contributed by atoms with E-state index in [9.17, 15) is 4.79 Å². The number of nitrogens with zero attached hydrogens (tertiary/aromatic N) is 2. The minimum atomic E-state index is -0.474. The van der Waals surface area contributed by atoms with Crippen LogP contribution in [-0.4, -0.2) is 41.7 Å². The molecule has 6 heteroatoms. The molecule has 0 aliphatic carbocycles. The van der Waals surface area contributed by atoms with Gasteiger partial charge in [-0.05, 0) is 36.6 Å². The highest BCUT2D eigenvalue weighted by atomic mass is 35.5. The lowest BCUT2D eigenvalue weighted by Crippen LogP contribution is -2.51. The topological polar surface area (TPSA) is 65.5 Å². The molecule has 3 rings (SSSR count). The number of amides is 1. The van der Waals surface area contributed by atoms with Crippen molar-refractivity contribution in [1.82, 2.24) is 10.3 Å². The molecule has 1 saturated heterocycles. The average molecular weight is 334 g/mol. The van der Waals surface area contributed by atoms with Crippen LogP contribution in [0, 0.1) is 5.92 Å². The van der Waals surface area contributed by atoms with Crippen LogP contribution in [0.3, 0.4) is 0 Å². The second-order valence-electron chi connectivity index (χ2n) is 6.13. The van der Waals surface area contributed by atoms with E-state index in [1.807, 2.05) is 24.3 Å². The summed E-state index contributed by atoms with van der Waals surface area (Å²) in [7, 11) is 0. The van der Waals surface area contributed by atoms with Gasteiger partial charge in [-0.25, -0.2) is 0 Å². The number of halogens is 1. The maximum Gasteiger partial charge on any atom is 0.245 e. The Kier molecular flexibility index (Phi) is 4.68. The zero-order valence-corrected chi connectivity index (χ0v) is 13.8. The van der Waals surface area contributed by atoms with Crippen molar-refractivity contribution >= 4 is 34.1 Å². The number of aliphatic hydroxyl groups is 1. The zero-order valence-electron chi connectivity index (χ0n) is 13.0. The number of carbonyl (C=O) groups is 1. The molecule has 1 amide bonds. The lowest BCUT2D eigenvalue weighted by atomic mass is 9.95. The number of fused-ring (bicyclic) bond motifs is 1. The van der Waals surface area contributed by atoms with Gasteiger partial charge in [0.2, 0.25) is 5.91 Å². The highest BCUT2D eigenvalue weighted by Crippen LogP contribution is 2.33. The number of anilines is 1. The summed E-state index contributed by atoms with van der Waals surface area (Å²) in [5.41, 5.74) is 1.87. The number of nitrogens with one attached hydrogen (secondary N) is 1. The first-order chi connectivity index (χ1) is 11.1. The summed E-state index contributed by atoms with van der Waals surface area (Å²) in [6, 6.07) is 7.83. The molecule has 5 nitrogen and oxygen atoms in total. The third-order valence-corrected chi connectivity index (χ3v) is 4.51. The van der Waals surface area contributed by atoms with Gasteiger partial charge in [-0.1, -0.05) is 18.5 Å². The molecule has 122 valence electrons. The molecular formula is C17H20ClN3O2. The van der Waals surface area contributed by atoms with E-state index < -0.39 is 6.61 Å². The van der Waals surface area contributed by atoms with Gasteiger partial charge in [-0.3, -0.25) is 9.78 Å². The van der Waals surface area contributed by atoms with E-state index in [-0.39, 0.29) is 11.9 Å². The molecule has 1 aliphatic rings. The number of carbonyl (C=O) groups excluding carboxylic acids is 1. The van der Waals surface area contributed by atoms with E-state index in [1.165, 1.54) is 0 Å². The predicted octanol–water partition coefficient (Wildman–Crippen LogP) is 2.21. The van der Waals surface area contributed by atoms with Gasteiger partial charge in [-0.2, -0.15) is 0 Å². The van der Waals surface area contributed by atoms with Crippen molar-refractivity contribution in [2.45, 2.75) is 19.4 Å². The summed E-state index contributed by atoms with van der Waals surface area (Å²) >= 11 is 6.25. The molecule has 0 unspecified atom stereocenters. The van der Waals surface area contributed by atoms with E-state index in [0.717, 1.165) is 29.6 Å². The molecule has 0 radical (unpaired) electrons. The number of aromatic nitrogens is 1. The Morgan fingerprint density at radius 2 is 2.26 bits per heavy atom. The van der Waals surface area contributed by atoms with E-state index in [1.54, 1.807) is 6.20 Å². The maximum atomic E-state index is 11.5. The fraction of sp³-hybridized carbons (Fsp3) is 0.412. The van der Waals surface area contributed by atoms with Crippen LogP contribution in [0.1, 0.15) is 13.3 Å². The fourth-order valence-electron chi connectivity index (χ4n) is 3.33. The summed E-state index contributed by atoms with van der Waals surface area (Å²) < 4.78 is 0. The molecule has 1 aromatic carbocycles. The Labute approximate surface area is 140 Å². The minimum Gasteiger partial charge on any atom is -0.387 e. The Morgan fingerprint density at radius 1 is 1.43 bits per heavy atom. The highest BCUT2D eigenvalue weighted by Gasteiger charge is 2.27. The van der Waals surface area contributed by atoms with E-state index in [2.05, 4.69) is 22.1 Å². The summed E-state index contributed by atoms with van der Waals surface area (Å²) in [5.74, 6) is 0.113. The molecule has 2 N–H and O–H groups in total. The van der Waals surface area contributed by atoms with Gasteiger partial charge in [0, 0.05) is 36.4 Å². The zero-order chi connectivity index (χ0) is 16.4. The van der Waals surface area contributed by atoms with Crippen LogP contribution in [0.2, 0.25) is 5.02 Å². The number of benzene rings is 1. The first-order valence-electron chi connectivity index (χ1n) is 7.77. The van der Waals surface area contributed by atoms with Gasteiger partial charge in [0.05, 0.1) is 10.5 Å². The van der Waals surface area contributed by atoms with Crippen molar-refractivity contribution in [2.75, 3.05) is 24.6 Å². The van der Waals surface area contributed by atoms with Crippen LogP contribution in [0.5, 0.6) is 0 Å². The number of aliphatic hydroxyl groups excluding tert-OH is 1. The Bertz CT molecular complexity index is 722. The van der Waals surface area contributed by atoms with Crippen molar-refractivity contribution < 1.29 is 9.90 Å². The van der Waals surface area contributed by atoms with Gasteiger partial charge in [-0.15, -0.1) is 0 Å². The molecule has 0 spiro atoms. The monoisotopic (exact) mass is 333 g/mol. The fourth-order valence-corrected chi connectivity index (χ4v) is 3.54. The molecule has 0 bridgehead atoms. The van der Waals surface area contributed by atoms with Crippen LogP contribution in [-0.2, 0) is 4.79 Å². The van der Waals surface area contributed by atoms with Crippen LogP contribution >= 0.6 is 11.6 Å². The lowest BCUT2D eigenvalue weighted by Gasteiger charge is -2.38. The number of pyridine rings is 1. The Morgan fingerprint density at radius 3 is 3.04 bits per heavy atom. The molecule has 1 aromatic heterocycles. The summed E-state index contributed by atoms with van der Waals surface area (Å²) in [5, 5.41) is 13.5. The Hall–Kier alpha value is -1.85. The van der Waals surface area contributed by atoms with Gasteiger partial charge in [0.25, 0.3) is 0 Å². The summed E-state index contributed by atoms with van der Waals surface area (Å²) in [6.45, 7) is 3.32. The maximum absolute atomic E-state index is 11.5. The first-order valence-corrected chi connectivity index (χ1v) is 8.14. The molecule has 2 heterocycles. The van der Waals surface area contributed by atoms with E-state index >= 15 is 0 Å². The SMILES string of the molecule is C[C@H]1C[C@@H](NC(=O)CO)CN(c2ccc(Cl)c3ncccc23)C1. The van der Waals surface area contributed by atoms with Crippen LogP contribution < -0.4 is 10.2 Å². The summed E-state index contributed by atoms with van der Waals surface area (Å²) in [4.78, 5) is 18.1. The highest BCUT2D eigenvalue weighted by molar-refractivity contribution is 6.35. The molecule has 1 aliphatic heterocycles. The first kappa shape index (κ1) is 16.0. The smallest absolute Gasteiger partial charge is 0.245 e. The number of piperidine rings is 1. The average Bonchev–Trinajstić information content (AvgIpc) is 2.54. The van der Waals surface area contributed by atoms with Crippen molar-refractivity contribution in [3.63, 3.8) is 0 Å². The van der Waals surface area contributed by atoms with Crippen molar-refractivity contribution in [3.8, 4) is 0 Å². The van der Waals surface area contributed by atoms with Crippen LogP contribution in [0.15, 0.2) is 30.5 Å². The number of hydrogen-bond donors (Lipinski definition) is 2. The third-order valence-electron chi connectivity index (χ3n) is 4.21. The molecule has 2 atom stereocenters. The largest absolute Gasteiger partial charge is 0.387 e. The molecule has 1 fully saturated rings. The van der Waals surface area contributed by atoms with Crippen LogP contribution in [0.4, 0.5) is 5.69 Å². The standard InChI is InChI=1S/C17H20ClN3O2/c1-11-7-12(20-16(23)10-22)9-21(8-11)15-5-4-14(18)17-13(15)3-2-6-19-17/h2-6,11-12,22H,7-10H2,1H3,(H,20,23)/t11-,12+/m0/s1. The summed E-state index contributed by atoms with van der Waals surface area (Å²) in [6.07, 6.45) is 2.65. The number of hydrogen-bond acceptors (Lipinski definition) is 4. The van der Waals surface area contributed by atoms with Gasteiger partial charge in [0.15, 0.2) is 0 Å². The molecule has 2 aromatic rings. The second-order valence-corrected chi connectivity index (χ2v) is 6.54. The predicted molar refractivity (Wildman–Crippen MR) is 91.8 cm³/mol. The van der Waals surface area contributed by atoms with Gasteiger partial charge < -0.3 is 15.3 Å². The van der Waals surface area contributed by atoms with Crippen molar-refractivity contribution in [1.29, 1.82) is 0 Å². The molecular weight excluding hydrogens is 314 g/mol. The Balaban J connectivity index is 1.91. The second kappa shape index (κ2) is 6.72. The van der Waals surface area contributed by atoms with Crippen LogP contribution in [0.25, 0.3) is 10.9 Å². The normalized spacial score (nSPS) is 21.4.